The number of benzene rings is 2. The minimum absolute atomic E-state index is 0.798. The van der Waals surface area contributed by atoms with Crippen LogP contribution in [0.25, 0.3) is 10.8 Å². The summed E-state index contributed by atoms with van der Waals surface area (Å²) in [6, 6.07) is 14.3. The van der Waals surface area contributed by atoms with Gasteiger partial charge in [0.25, 0.3) is 0 Å². The zero-order valence-corrected chi connectivity index (χ0v) is 14.3. The molecule has 0 nitrogen and oxygen atoms in total. The van der Waals surface area contributed by atoms with Crippen LogP contribution in [0, 0.1) is 5.92 Å². The van der Waals surface area contributed by atoms with Gasteiger partial charge in [-0.25, -0.2) is 0 Å². The van der Waals surface area contributed by atoms with Crippen LogP contribution in [0.3, 0.4) is 0 Å². The number of rotatable bonds is 5. The third-order valence-corrected chi connectivity index (χ3v) is 5.64. The van der Waals surface area contributed by atoms with Gasteiger partial charge in [0.15, 0.2) is 0 Å². The molecule has 1 saturated carbocycles. The molecule has 0 saturated heterocycles. The molecule has 0 amide bonds. The van der Waals surface area contributed by atoms with Crippen LogP contribution in [0.15, 0.2) is 36.4 Å². The molecule has 22 heavy (non-hydrogen) atoms. The predicted molar refractivity (Wildman–Crippen MR) is 97.6 cm³/mol. The molecular weight excluding hydrogens is 264 g/mol. The van der Waals surface area contributed by atoms with Crippen molar-refractivity contribution < 1.29 is 0 Å². The quantitative estimate of drug-likeness (QED) is 0.564. The maximum absolute atomic E-state index is 2.45. The third-order valence-electron chi connectivity index (χ3n) is 5.64. The van der Waals surface area contributed by atoms with Gasteiger partial charge in [0.1, 0.15) is 0 Å². The van der Waals surface area contributed by atoms with E-state index in [1.165, 1.54) is 67.7 Å². The monoisotopic (exact) mass is 294 g/mol. The molecule has 118 valence electrons. The molecule has 0 heterocycles. The van der Waals surface area contributed by atoms with E-state index in [-0.39, 0.29) is 0 Å². The molecule has 1 fully saturated rings. The van der Waals surface area contributed by atoms with Gasteiger partial charge in [0, 0.05) is 0 Å². The minimum atomic E-state index is 0.798. The predicted octanol–water partition coefficient (Wildman–Crippen LogP) is 6.87. The highest BCUT2D eigenvalue weighted by atomic mass is 14.3. The normalized spacial score (nSPS) is 22.1. The first-order chi connectivity index (χ1) is 10.8. The Labute approximate surface area is 135 Å². The second-order valence-electron chi connectivity index (χ2n) is 7.17. The average molecular weight is 294 g/mol. The molecule has 0 atom stereocenters. The highest BCUT2D eigenvalue weighted by molar-refractivity contribution is 5.84. The third kappa shape index (κ3) is 3.54. The highest BCUT2D eigenvalue weighted by Gasteiger charge is 2.21. The van der Waals surface area contributed by atoms with Crippen LogP contribution in [0.5, 0.6) is 0 Å². The van der Waals surface area contributed by atoms with Gasteiger partial charge in [-0.15, -0.1) is 0 Å². The maximum Gasteiger partial charge on any atom is -0.0162 e. The van der Waals surface area contributed by atoms with Gasteiger partial charge >= 0.3 is 0 Å². The van der Waals surface area contributed by atoms with Crippen molar-refractivity contribution in [3.05, 3.63) is 47.5 Å². The van der Waals surface area contributed by atoms with Crippen molar-refractivity contribution in [3.8, 4) is 0 Å². The van der Waals surface area contributed by atoms with Crippen LogP contribution in [0.4, 0.5) is 0 Å². The SMILES string of the molecule is CCCCc1ccc2cc(C3CCC(CC)CC3)ccc2c1. The molecule has 0 N–H and O–H groups in total. The fraction of sp³-hybridized carbons (Fsp3) is 0.545. The van der Waals surface area contributed by atoms with Gasteiger partial charge in [-0.2, -0.15) is 0 Å². The molecule has 1 aliphatic carbocycles. The summed E-state index contributed by atoms with van der Waals surface area (Å²) in [7, 11) is 0. The summed E-state index contributed by atoms with van der Waals surface area (Å²) in [6.45, 7) is 4.61. The summed E-state index contributed by atoms with van der Waals surface area (Å²) in [5.41, 5.74) is 3.06. The van der Waals surface area contributed by atoms with Crippen molar-refractivity contribution in [1.82, 2.24) is 0 Å². The lowest BCUT2D eigenvalue weighted by atomic mass is 9.77. The van der Waals surface area contributed by atoms with E-state index in [4.69, 9.17) is 0 Å². The summed E-state index contributed by atoms with van der Waals surface area (Å²) in [6.07, 6.45) is 10.8. The lowest BCUT2D eigenvalue weighted by Crippen LogP contribution is -2.12. The lowest BCUT2D eigenvalue weighted by Gasteiger charge is -2.28. The molecular formula is C22H30. The first kappa shape index (κ1) is 15.6. The Morgan fingerprint density at radius 2 is 1.59 bits per heavy atom. The fourth-order valence-corrected chi connectivity index (χ4v) is 4.01. The van der Waals surface area contributed by atoms with E-state index >= 15 is 0 Å². The summed E-state index contributed by atoms with van der Waals surface area (Å²) in [4.78, 5) is 0. The van der Waals surface area contributed by atoms with Crippen molar-refractivity contribution in [3.63, 3.8) is 0 Å². The molecule has 0 bridgehead atoms. The number of hydrogen-bond acceptors (Lipinski definition) is 0. The minimum Gasteiger partial charge on any atom is -0.0654 e. The molecule has 3 rings (SSSR count). The first-order valence-electron chi connectivity index (χ1n) is 9.32. The Kier molecular flexibility index (Phi) is 5.18. The molecule has 0 aliphatic heterocycles. The topological polar surface area (TPSA) is 0 Å². The van der Waals surface area contributed by atoms with Crippen molar-refractivity contribution >= 4 is 10.8 Å². The van der Waals surface area contributed by atoms with Crippen molar-refractivity contribution in [2.75, 3.05) is 0 Å². The molecule has 0 unspecified atom stereocenters. The smallest absolute Gasteiger partial charge is 0.0162 e. The number of aryl methyl sites for hydroxylation is 1. The van der Waals surface area contributed by atoms with E-state index in [0.29, 0.717) is 0 Å². The van der Waals surface area contributed by atoms with Crippen LogP contribution in [-0.2, 0) is 6.42 Å². The van der Waals surface area contributed by atoms with Crippen LogP contribution >= 0.6 is 0 Å². The Morgan fingerprint density at radius 1 is 0.864 bits per heavy atom. The molecule has 2 aromatic rings. The Balaban J connectivity index is 1.76. The number of fused-ring (bicyclic) bond motifs is 1. The van der Waals surface area contributed by atoms with E-state index in [1.54, 1.807) is 5.56 Å². The summed E-state index contributed by atoms with van der Waals surface area (Å²) in [5, 5.41) is 2.84. The number of hydrogen-bond donors (Lipinski definition) is 0. The standard InChI is InChI=1S/C22H30/c1-3-5-6-18-9-12-22-16-21(14-13-20(22)15-18)19-10-7-17(4-2)8-11-19/h9,12-17,19H,3-8,10-11H2,1-2H3. The molecule has 2 aromatic carbocycles. The zero-order chi connectivity index (χ0) is 15.4. The van der Waals surface area contributed by atoms with E-state index in [2.05, 4.69) is 50.2 Å². The molecule has 0 aromatic heterocycles. The average Bonchev–Trinajstić information content (AvgIpc) is 2.59. The van der Waals surface area contributed by atoms with Gasteiger partial charge in [-0.05, 0) is 72.3 Å². The van der Waals surface area contributed by atoms with Gasteiger partial charge in [-0.1, -0.05) is 63.1 Å². The second-order valence-corrected chi connectivity index (χ2v) is 7.17. The van der Waals surface area contributed by atoms with E-state index in [0.717, 1.165) is 11.8 Å². The lowest BCUT2D eigenvalue weighted by molar-refractivity contribution is 0.319. The molecule has 0 spiro atoms. The van der Waals surface area contributed by atoms with Crippen molar-refractivity contribution in [2.45, 2.75) is 71.1 Å². The Hall–Kier alpha value is -1.30. The van der Waals surface area contributed by atoms with Crippen molar-refractivity contribution in [2.24, 2.45) is 5.92 Å². The van der Waals surface area contributed by atoms with Gasteiger partial charge in [0.2, 0.25) is 0 Å². The van der Waals surface area contributed by atoms with Gasteiger partial charge < -0.3 is 0 Å². The highest BCUT2D eigenvalue weighted by Crippen LogP contribution is 2.37. The molecule has 0 radical (unpaired) electrons. The summed E-state index contributed by atoms with van der Waals surface area (Å²) >= 11 is 0. The largest absolute Gasteiger partial charge is 0.0654 e. The van der Waals surface area contributed by atoms with Crippen molar-refractivity contribution in [1.29, 1.82) is 0 Å². The number of unbranched alkanes of at least 4 members (excludes halogenated alkanes) is 1. The zero-order valence-electron chi connectivity index (χ0n) is 14.3. The Morgan fingerprint density at radius 3 is 2.32 bits per heavy atom. The van der Waals surface area contributed by atoms with Crippen LogP contribution in [-0.4, -0.2) is 0 Å². The van der Waals surface area contributed by atoms with E-state index in [1.807, 2.05) is 0 Å². The van der Waals surface area contributed by atoms with Gasteiger partial charge in [-0.3, -0.25) is 0 Å². The summed E-state index contributed by atoms with van der Waals surface area (Å²) < 4.78 is 0. The maximum atomic E-state index is 2.45. The summed E-state index contributed by atoms with van der Waals surface area (Å²) in [5.74, 6) is 1.78. The fourth-order valence-electron chi connectivity index (χ4n) is 4.01. The molecule has 0 heteroatoms. The van der Waals surface area contributed by atoms with Gasteiger partial charge in [0.05, 0.1) is 0 Å². The molecule has 1 aliphatic rings. The second kappa shape index (κ2) is 7.31. The van der Waals surface area contributed by atoms with Crippen LogP contribution < -0.4 is 0 Å². The van der Waals surface area contributed by atoms with E-state index in [9.17, 15) is 0 Å². The van der Waals surface area contributed by atoms with Crippen LogP contribution in [0.1, 0.15) is 75.8 Å². The first-order valence-corrected chi connectivity index (χ1v) is 9.32. The Bertz CT molecular complexity index is 602. The van der Waals surface area contributed by atoms with Crippen LogP contribution in [0.2, 0.25) is 0 Å². The van der Waals surface area contributed by atoms with E-state index < -0.39 is 0 Å².